The molecule has 3 nitrogen and oxygen atoms in total. The van der Waals surface area contributed by atoms with E-state index in [0.29, 0.717) is 12.2 Å². The first-order valence-electron chi connectivity index (χ1n) is 8.41. The highest BCUT2D eigenvalue weighted by Gasteiger charge is 2.35. The van der Waals surface area contributed by atoms with E-state index in [2.05, 4.69) is 31.2 Å². The highest BCUT2D eigenvalue weighted by molar-refractivity contribution is 5.66. The van der Waals surface area contributed by atoms with Crippen LogP contribution in [0.25, 0.3) is 0 Å². The van der Waals surface area contributed by atoms with E-state index < -0.39 is 5.97 Å². The van der Waals surface area contributed by atoms with Crippen LogP contribution in [0.4, 0.5) is 0 Å². The third-order valence-electron chi connectivity index (χ3n) is 3.74. The number of epoxide rings is 1. The summed E-state index contributed by atoms with van der Waals surface area (Å²) in [6.45, 7) is 2.23. The van der Waals surface area contributed by atoms with Gasteiger partial charge in [-0.05, 0) is 44.9 Å². The minimum absolute atomic E-state index is 0.284. The summed E-state index contributed by atoms with van der Waals surface area (Å²) in [5, 5.41) is 8.52. The molecule has 1 aliphatic heterocycles. The number of carbonyl (C=O) groups is 1. The summed E-state index contributed by atoms with van der Waals surface area (Å²) in [6.07, 6.45) is 19.8. The van der Waals surface area contributed by atoms with E-state index in [1.807, 2.05) is 0 Å². The molecule has 0 spiro atoms. The SMILES string of the molecule is CCCCCC=CCC1OC1CC=CCCCCC(=O)O. The number of hydrogen-bond acceptors (Lipinski definition) is 2. The summed E-state index contributed by atoms with van der Waals surface area (Å²) in [5.41, 5.74) is 0. The Labute approximate surface area is 129 Å². The van der Waals surface area contributed by atoms with E-state index in [9.17, 15) is 4.79 Å². The molecule has 0 aliphatic carbocycles. The number of allylic oxidation sites excluding steroid dienone is 2. The lowest BCUT2D eigenvalue weighted by Crippen LogP contribution is -1.93. The van der Waals surface area contributed by atoms with Crippen LogP contribution in [-0.4, -0.2) is 23.3 Å². The number of ether oxygens (including phenoxy) is 1. The molecule has 0 amide bonds. The zero-order valence-corrected chi connectivity index (χ0v) is 13.3. The van der Waals surface area contributed by atoms with E-state index in [-0.39, 0.29) is 6.42 Å². The first kappa shape index (κ1) is 18.0. The molecule has 1 aliphatic rings. The second-order valence-electron chi connectivity index (χ2n) is 5.76. The summed E-state index contributed by atoms with van der Waals surface area (Å²) in [6, 6.07) is 0. The molecule has 0 saturated carbocycles. The smallest absolute Gasteiger partial charge is 0.303 e. The lowest BCUT2D eigenvalue weighted by Gasteiger charge is -1.93. The maximum Gasteiger partial charge on any atom is 0.303 e. The first-order valence-corrected chi connectivity index (χ1v) is 8.41. The maximum atomic E-state index is 10.3. The predicted octanol–water partition coefficient (Wildman–Crippen LogP) is 4.87. The van der Waals surface area contributed by atoms with E-state index in [0.717, 1.165) is 32.1 Å². The number of hydrogen-bond donors (Lipinski definition) is 1. The van der Waals surface area contributed by atoms with Gasteiger partial charge in [-0.3, -0.25) is 4.79 Å². The molecule has 0 aromatic carbocycles. The van der Waals surface area contributed by atoms with Gasteiger partial charge in [-0.1, -0.05) is 44.1 Å². The van der Waals surface area contributed by atoms with Gasteiger partial charge in [0.2, 0.25) is 0 Å². The van der Waals surface area contributed by atoms with Crippen molar-refractivity contribution >= 4 is 5.97 Å². The molecular formula is C18H30O3. The van der Waals surface area contributed by atoms with Gasteiger partial charge in [0.1, 0.15) is 0 Å². The molecule has 0 radical (unpaired) electrons. The van der Waals surface area contributed by atoms with Gasteiger partial charge in [-0.25, -0.2) is 0 Å². The van der Waals surface area contributed by atoms with Crippen molar-refractivity contribution in [2.24, 2.45) is 0 Å². The highest BCUT2D eigenvalue weighted by atomic mass is 16.6. The molecule has 1 saturated heterocycles. The second-order valence-corrected chi connectivity index (χ2v) is 5.76. The molecule has 1 N–H and O–H groups in total. The van der Waals surface area contributed by atoms with Gasteiger partial charge in [0.25, 0.3) is 0 Å². The average molecular weight is 294 g/mol. The molecule has 1 rings (SSSR count). The van der Waals surface area contributed by atoms with Gasteiger partial charge in [0.05, 0.1) is 12.2 Å². The van der Waals surface area contributed by atoms with E-state index in [4.69, 9.17) is 9.84 Å². The lowest BCUT2D eigenvalue weighted by atomic mass is 10.1. The summed E-state index contributed by atoms with van der Waals surface area (Å²) < 4.78 is 5.62. The van der Waals surface area contributed by atoms with Crippen molar-refractivity contribution in [3.63, 3.8) is 0 Å². The topological polar surface area (TPSA) is 49.8 Å². The van der Waals surface area contributed by atoms with E-state index >= 15 is 0 Å². The highest BCUT2D eigenvalue weighted by Crippen LogP contribution is 2.29. The Kier molecular flexibility index (Phi) is 9.88. The maximum absolute atomic E-state index is 10.3. The fraction of sp³-hybridized carbons (Fsp3) is 0.722. The first-order chi connectivity index (χ1) is 10.2. The zero-order valence-electron chi connectivity index (χ0n) is 13.3. The van der Waals surface area contributed by atoms with Crippen LogP contribution in [0.1, 0.15) is 71.1 Å². The van der Waals surface area contributed by atoms with Crippen LogP contribution >= 0.6 is 0 Å². The third kappa shape index (κ3) is 10.3. The van der Waals surface area contributed by atoms with Crippen LogP contribution in [0.3, 0.4) is 0 Å². The lowest BCUT2D eigenvalue weighted by molar-refractivity contribution is -0.137. The number of carboxylic acids is 1. The Hall–Kier alpha value is -1.09. The molecule has 0 bridgehead atoms. The average Bonchev–Trinajstić information content (AvgIpc) is 3.20. The van der Waals surface area contributed by atoms with Crippen LogP contribution in [-0.2, 0) is 9.53 Å². The minimum Gasteiger partial charge on any atom is -0.481 e. The Balaban J connectivity index is 1.90. The monoisotopic (exact) mass is 294 g/mol. The molecule has 120 valence electrons. The normalized spacial score (nSPS) is 21.4. The molecule has 2 unspecified atom stereocenters. The van der Waals surface area contributed by atoms with Crippen molar-refractivity contribution in [2.45, 2.75) is 83.3 Å². The summed E-state index contributed by atoms with van der Waals surface area (Å²) in [7, 11) is 0. The number of carboxylic acid groups (broad SMARTS) is 1. The molecule has 3 heteroatoms. The van der Waals surface area contributed by atoms with Crippen molar-refractivity contribution in [1.29, 1.82) is 0 Å². The standard InChI is InChI=1S/C18H30O3/c1-2-3-4-5-7-10-13-16-17(21-16)14-11-8-6-9-12-15-18(19)20/h7-8,10-11,16-17H,2-6,9,12-15H2,1H3,(H,19,20). The number of unbranched alkanes of at least 4 members (excludes halogenated alkanes) is 5. The van der Waals surface area contributed by atoms with Crippen LogP contribution in [0.15, 0.2) is 24.3 Å². The van der Waals surface area contributed by atoms with E-state index in [1.54, 1.807) is 0 Å². The van der Waals surface area contributed by atoms with Gasteiger partial charge >= 0.3 is 5.97 Å². The molecule has 0 aromatic rings. The van der Waals surface area contributed by atoms with Crippen molar-refractivity contribution in [2.75, 3.05) is 0 Å². The molecule has 0 aromatic heterocycles. The molecule has 21 heavy (non-hydrogen) atoms. The van der Waals surface area contributed by atoms with Crippen LogP contribution in [0.5, 0.6) is 0 Å². The Bertz CT molecular complexity index is 333. The largest absolute Gasteiger partial charge is 0.481 e. The quantitative estimate of drug-likeness (QED) is 0.299. The van der Waals surface area contributed by atoms with Crippen LogP contribution in [0.2, 0.25) is 0 Å². The summed E-state index contributed by atoms with van der Waals surface area (Å²) in [4.78, 5) is 10.3. The van der Waals surface area contributed by atoms with Gasteiger partial charge in [0.15, 0.2) is 0 Å². The summed E-state index contributed by atoms with van der Waals surface area (Å²) in [5.74, 6) is -0.698. The minimum atomic E-state index is -0.698. The number of aliphatic carboxylic acids is 1. The zero-order chi connectivity index (χ0) is 15.3. The number of rotatable bonds is 13. The van der Waals surface area contributed by atoms with E-state index in [1.165, 1.54) is 25.7 Å². The van der Waals surface area contributed by atoms with Crippen molar-refractivity contribution in [3.8, 4) is 0 Å². The van der Waals surface area contributed by atoms with Crippen molar-refractivity contribution in [1.82, 2.24) is 0 Å². The second kappa shape index (κ2) is 11.6. The van der Waals surface area contributed by atoms with Gasteiger partial charge < -0.3 is 9.84 Å². The Morgan fingerprint density at radius 1 is 0.952 bits per heavy atom. The van der Waals surface area contributed by atoms with Gasteiger partial charge in [-0.2, -0.15) is 0 Å². The Morgan fingerprint density at radius 3 is 2.05 bits per heavy atom. The van der Waals surface area contributed by atoms with Crippen molar-refractivity contribution in [3.05, 3.63) is 24.3 Å². The van der Waals surface area contributed by atoms with Crippen molar-refractivity contribution < 1.29 is 14.6 Å². The summed E-state index contributed by atoms with van der Waals surface area (Å²) >= 11 is 0. The van der Waals surface area contributed by atoms with Crippen LogP contribution < -0.4 is 0 Å². The fourth-order valence-corrected chi connectivity index (χ4v) is 2.34. The van der Waals surface area contributed by atoms with Gasteiger partial charge in [0, 0.05) is 6.42 Å². The van der Waals surface area contributed by atoms with Crippen LogP contribution in [0, 0.1) is 0 Å². The molecule has 1 heterocycles. The molecule has 1 fully saturated rings. The molecular weight excluding hydrogens is 264 g/mol. The third-order valence-corrected chi connectivity index (χ3v) is 3.74. The fourth-order valence-electron chi connectivity index (χ4n) is 2.34. The predicted molar refractivity (Wildman–Crippen MR) is 86.4 cm³/mol. The Morgan fingerprint density at radius 2 is 1.52 bits per heavy atom. The molecule has 2 atom stereocenters. The van der Waals surface area contributed by atoms with Gasteiger partial charge in [-0.15, -0.1) is 0 Å².